The van der Waals surface area contributed by atoms with Crippen molar-refractivity contribution in [3.8, 4) is 0 Å². The van der Waals surface area contributed by atoms with Crippen molar-refractivity contribution in [3.63, 3.8) is 0 Å². The first-order valence-electron chi connectivity index (χ1n) is 9.99. The van der Waals surface area contributed by atoms with Crippen molar-refractivity contribution in [2.75, 3.05) is 53.0 Å². The van der Waals surface area contributed by atoms with E-state index in [1.54, 1.807) is 14.0 Å². The van der Waals surface area contributed by atoms with Gasteiger partial charge in [0.25, 0.3) is 0 Å². The molecule has 27 heavy (non-hydrogen) atoms. The van der Waals surface area contributed by atoms with Crippen molar-refractivity contribution in [3.05, 3.63) is 0 Å². The number of morpholine rings is 1. The number of carbonyl (C=O) groups excluding carboxylic acids is 1. The Morgan fingerprint density at radius 2 is 1.93 bits per heavy atom. The van der Waals surface area contributed by atoms with Gasteiger partial charge in [-0.1, -0.05) is 13.8 Å². The molecule has 0 aliphatic carbocycles. The fourth-order valence-electron chi connectivity index (χ4n) is 3.12. The molecule has 1 saturated heterocycles. The molecule has 0 aromatic heterocycles. The number of aliphatic imine (C=N–C) groups is 1. The lowest BCUT2D eigenvalue weighted by Gasteiger charge is -2.41. The molecule has 0 bridgehead atoms. The summed E-state index contributed by atoms with van der Waals surface area (Å²) in [5, 5.41) is 9.65. The molecule has 1 aliphatic rings. The maximum atomic E-state index is 11.8. The number of guanidine groups is 1. The normalized spacial score (nSPS) is 17.5. The third kappa shape index (κ3) is 9.28. The molecular formula is C19H39N5O3. The summed E-state index contributed by atoms with van der Waals surface area (Å²) in [4.78, 5) is 18.5. The number of hydrogen-bond acceptors (Lipinski definition) is 5. The van der Waals surface area contributed by atoms with Gasteiger partial charge in [-0.25, -0.2) is 4.79 Å². The van der Waals surface area contributed by atoms with Gasteiger partial charge >= 0.3 is 6.09 Å². The molecule has 158 valence electrons. The van der Waals surface area contributed by atoms with E-state index in [0.29, 0.717) is 19.1 Å². The molecule has 8 nitrogen and oxygen atoms in total. The lowest BCUT2D eigenvalue weighted by molar-refractivity contribution is -0.00834. The zero-order chi connectivity index (χ0) is 20.3. The maximum Gasteiger partial charge on any atom is 0.407 e. The monoisotopic (exact) mass is 385 g/mol. The molecule has 8 heteroatoms. The minimum absolute atomic E-state index is 0.00190. The van der Waals surface area contributed by atoms with Gasteiger partial charge in [0.2, 0.25) is 0 Å². The molecule has 1 aliphatic heterocycles. The maximum absolute atomic E-state index is 11.8. The standard InChI is InChI=1S/C19H39N5O3/c1-7-27-18(25)23-16(12-15(2)3)13-21-17(20-6)22-14-19(4,5)24-8-10-26-11-9-24/h15-16H,7-14H2,1-6H3,(H,23,25)(H2,20,21,22). The van der Waals surface area contributed by atoms with Crippen molar-refractivity contribution in [1.29, 1.82) is 0 Å². The van der Waals surface area contributed by atoms with E-state index in [-0.39, 0.29) is 17.7 Å². The molecule has 1 unspecified atom stereocenters. The minimum Gasteiger partial charge on any atom is -0.450 e. The Morgan fingerprint density at radius 3 is 2.48 bits per heavy atom. The molecule has 0 aromatic carbocycles. The van der Waals surface area contributed by atoms with Crippen LogP contribution in [0.4, 0.5) is 4.79 Å². The van der Waals surface area contributed by atoms with Gasteiger partial charge in [-0.3, -0.25) is 9.89 Å². The molecule has 1 heterocycles. The van der Waals surface area contributed by atoms with Crippen LogP contribution in [0, 0.1) is 5.92 Å². The van der Waals surface area contributed by atoms with Crippen LogP contribution in [0.25, 0.3) is 0 Å². The van der Waals surface area contributed by atoms with Crippen LogP contribution >= 0.6 is 0 Å². The zero-order valence-corrected chi connectivity index (χ0v) is 17.9. The van der Waals surface area contributed by atoms with E-state index < -0.39 is 0 Å². The highest BCUT2D eigenvalue weighted by molar-refractivity contribution is 5.79. The van der Waals surface area contributed by atoms with Crippen LogP contribution in [0.2, 0.25) is 0 Å². The average molecular weight is 386 g/mol. The quantitative estimate of drug-likeness (QED) is 0.411. The molecule has 0 saturated carbocycles. The topological polar surface area (TPSA) is 87.2 Å². The number of hydrogen-bond donors (Lipinski definition) is 3. The van der Waals surface area contributed by atoms with Crippen LogP contribution in [-0.4, -0.2) is 81.6 Å². The van der Waals surface area contributed by atoms with Crippen LogP contribution in [0.15, 0.2) is 4.99 Å². The smallest absolute Gasteiger partial charge is 0.407 e. The van der Waals surface area contributed by atoms with Gasteiger partial charge in [0, 0.05) is 44.8 Å². The number of nitrogens with zero attached hydrogens (tertiary/aromatic N) is 2. The molecule has 0 radical (unpaired) electrons. The van der Waals surface area contributed by atoms with E-state index in [1.165, 1.54) is 0 Å². The van der Waals surface area contributed by atoms with Crippen LogP contribution in [0.3, 0.4) is 0 Å². The summed E-state index contributed by atoms with van der Waals surface area (Å²) < 4.78 is 10.5. The van der Waals surface area contributed by atoms with Crippen molar-refractivity contribution >= 4 is 12.1 Å². The number of ether oxygens (including phenoxy) is 2. The highest BCUT2D eigenvalue weighted by atomic mass is 16.5. The predicted molar refractivity (Wildman–Crippen MR) is 109 cm³/mol. The summed E-state index contributed by atoms with van der Waals surface area (Å²) >= 11 is 0. The van der Waals surface area contributed by atoms with Gasteiger partial charge in [-0.15, -0.1) is 0 Å². The predicted octanol–water partition coefficient (Wildman–Crippen LogP) is 1.42. The van der Waals surface area contributed by atoms with E-state index >= 15 is 0 Å². The van der Waals surface area contributed by atoms with E-state index in [4.69, 9.17) is 9.47 Å². The number of amides is 1. The second-order valence-corrected chi connectivity index (χ2v) is 7.91. The number of alkyl carbamates (subject to hydrolysis) is 1. The Kier molecular flexibility index (Phi) is 10.5. The lowest BCUT2D eigenvalue weighted by atomic mass is 10.0. The Balaban J connectivity index is 2.50. The van der Waals surface area contributed by atoms with Gasteiger partial charge in [0.1, 0.15) is 0 Å². The molecule has 3 N–H and O–H groups in total. The summed E-state index contributed by atoms with van der Waals surface area (Å²) in [5.41, 5.74) is 0.00190. The first-order chi connectivity index (χ1) is 12.8. The zero-order valence-electron chi connectivity index (χ0n) is 17.9. The Hall–Kier alpha value is -1.54. The first-order valence-corrected chi connectivity index (χ1v) is 9.99. The van der Waals surface area contributed by atoms with Crippen molar-refractivity contribution in [2.24, 2.45) is 10.9 Å². The number of rotatable bonds is 9. The first kappa shape index (κ1) is 23.5. The number of carbonyl (C=O) groups is 1. The largest absolute Gasteiger partial charge is 0.450 e. The van der Waals surface area contributed by atoms with Crippen molar-refractivity contribution in [1.82, 2.24) is 20.9 Å². The molecule has 1 atom stereocenters. The minimum atomic E-state index is -0.374. The highest BCUT2D eigenvalue weighted by Crippen LogP contribution is 2.15. The third-order valence-electron chi connectivity index (χ3n) is 4.65. The summed E-state index contributed by atoms with van der Waals surface area (Å²) in [6.45, 7) is 15.7. The van der Waals surface area contributed by atoms with E-state index in [9.17, 15) is 4.79 Å². The average Bonchev–Trinajstić information content (AvgIpc) is 2.62. The summed E-state index contributed by atoms with van der Waals surface area (Å²) in [6, 6.07) is -0.0187. The van der Waals surface area contributed by atoms with Gasteiger partial charge in [0.05, 0.1) is 19.8 Å². The lowest BCUT2D eigenvalue weighted by Crippen LogP contribution is -2.57. The Morgan fingerprint density at radius 1 is 1.26 bits per heavy atom. The Labute approximate surface area is 164 Å². The molecule has 0 spiro atoms. The van der Waals surface area contributed by atoms with Crippen LogP contribution in [0.1, 0.15) is 41.0 Å². The van der Waals surface area contributed by atoms with Gasteiger partial charge in [-0.05, 0) is 33.1 Å². The van der Waals surface area contributed by atoms with Gasteiger partial charge < -0.3 is 25.4 Å². The van der Waals surface area contributed by atoms with Gasteiger partial charge in [-0.2, -0.15) is 0 Å². The fraction of sp³-hybridized carbons (Fsp3) is 0.895. The van der Waals surface area contributed by atoms with Crippen LogP contribution in [-0.2, 0) is 9.47 Å². The second-order valence-electron chi connectivity index (χ2n) is 7.91. The SMILES string of the molecule is CCOC(=O)NC(CNC(=NC)NCC(C)(C)N1CCOCC1)CC(C)C. The van der Waals surface area contributed by atoms with E-state index in [1.807, 2.05) is 0 Å². The summed E-state index contributed by atoms with van der Waals surface area (Å²) in [5.74, 6) is 1.20. The summed E-state index contributed by atoms with van der Waals surface area (Å²) in [6.07, 6.45) is 0.489. The summed E-state index contributed by atoms with van der Waals surface area (Å²) in [7, 11) is 1.76. The molecule has 1 rings (SSSR count). The van der Waals surface area contributed by atoms with Crippen LogP contribution < -0.4 is 16.0 Å². The molecular weight excluding hydrogens is 346 g/mol. The third-order valence-corrected chi connectivity index (χ3v) is 4.65. The Bertz CT molecular complexity index is 462. The molecule has 1 fully saturated rings. The van der Waals surface area contributed by atoms with Gasteiger partial charge in [0.15, 0.2) is 5.96 Å². The van der Waals surface area contributed by atoms with Crippen LogP contribution in [0.5, 0.6) is 0 Å². The number of nitrogens with one attached hydrogen (secondary N) is 3. The van der Waals surface area contributed by atoms with Crippen molar-refractivity contribution in [2.45, 2.75) is 52.6 Å². The van der Waals surface area contributed by atoms with Crippen molar-refractivity contribution < 1.29 is 14.3 Å². The fourth-order valence-corrected chi connectivity index (χ4v) is 3.12. The van der Waals surface area contributed by atoms with E-state index in [0.717, 1.165) is 45.2 Å². The van der Waals surface area contributed by atoms with E-state index in [2.05, 4.69) is 53.5 Å². The highest BCUT2D eigenvalue weighted by Gasteiger charge is 2.28. The second kappa shape index (κ2) is 12.0. The molecule has 1 amide bonds. The molecule has 0 aromatic rings.